The molecule has 0 heterocycles. The zero-order valence-corrected chi connectivity index (χ0v) is 24.6. The summed E-state index contributed by atoms with van der Waals surface area (Å²) in [5, 5.41) is 2.94. The average Bonchev–Trinajstić information content (AvgIpc) is 2.96. The molecule has 3 aromatic rings. The molecule has 0 bridgehead atoms. The fraction of sp³-hybridized carbons (Fsp3) is 0.355. The maximum absolute atomic E-state index is 14.0. The number of amides is 2. The Kier molecular flexibility index (Phi) is 10.7. The van der Waals surface area contributed by atoms with E-state index in [4.69, 9.17) is 4.74 Å². The number of ether oxygens (including phenoxy) is 1. The van der Waals surface area contributed by atoms with Crippen molar-refractivity contribution in [1.29, 1.82) is 0 Å². The van der Waals surface area contributed by atoms with E-state index in [1.807, 2.05) is 52.0 Å². The molecule has 0 saturated heterocycles. The molecule has 0 aliphatic rings. The highest BCUT2D eigenvalue weighted by atomic mass is 32.2. The van der Waals surface area contributed by atoms with Gasteiger partial charge in [0.1, 0.15) is 18.3 Å². The van der Waals surface area contributed by atoms with E-state index in [1.54, 1.807) is 49.4 Å². The van der Waals surface area contributed by atoms with Crippen LogP contribution in [0.5, 0.6) is 5.75 Å². The summed E-state index contributed by atoms with van der Waals surface area (Å²) in [6, 6.07) is 21.3. The Morgan fingerprint density at radius 3 is 2.10 bits per heavy atom. The Morgan fingerprint density at radius 2 is 1.52 bits per heavy atom. The highest BCUT2D eigenvalue weighted by Gasteiger charge is 2.32. The molecule has 3 aromatic carbocycles. The Balaban J connectivity index is 2.01. The smallest absolute Gasteiger partial charge is 0.264 e. The molecular weight excluding hydrogens is 526 g/mol. The third-order valence-electron chi connectivity index (χ3n) is 6.69. The van der Waals surface area contributed by atoms with E-state index in [2.05, 4.69) is 5.32 Å². The van der Waals surface area contributed by atoms with Crippen molar-refractivity contribution in [3.63, 3.8) is 0 Å². The molecule has 2 amide bonds. The summed E-state index contributed by atoms with van der Waals surface area (Å²) in [4.78, 5) is 28.6. The maximum atomic E-state index is 14.0. The number of aryl methyl sites for hydroxylation is 1. The van der Waals surface area contributed by atoms with Crippen molar-refractivity contribution in [2.24, 2.45) is 0 Å². The van der Waals surface area contributed by atoms with Crippen molar-refractivity contribution in [3.8, 4) is 5.75 Å². The number of benzene rings is 3. The van der Waals surface area contributed by atoms with E-state index < -0.39 is 28.5 Å². The summed E-state index contributed by atoms with van der Waals surface area (Å²) in [6.45, 7) is 9.49. The van der Waals surface area contributed by atoms with Gasteiger partial charge in [-0.3, -0.25) is 13.9 Å². The third kappa shape index (κ3) is 7.85. The van der Waals surface area contributed by atoms with Crippen molar-refractivity contribution >= 4 is 27.5 Å². The Hall–Kier alpha value is -3.85. The fourth-order valence-corrected chi connectivity index (χ4v) is 5.50. The zero-order chi connectivity index (χ0) is 29.3. The number of rotatable bonds is 13. The Morgan fingerprint density at radius 1 is 0.900 bits per heavy atom. The number of anilines is 1. The second kappa shape index (κ2) is 14.0. The lowest BCUT2D eigenvalue weighted by atomic mass is 10.1. The van der Waals surface area contributed by atoms with Crippen molar-refractivity contribution in [2.75, 3.05) is 17.5 Å². The molecule has 2 atom stereocenters. The second-order valence-electron chi connectivity index (χ2n) is 9.75. The van der Waals surface area contributed by atoms with Gasteiger partial charge in [0.05, 0.1) is 17.2 Å². The van der Waals surface area contributed by atoms with Gasteiger partial charge in [0, 0.05) is 12.6 Å². The number of hydrogen-bond acceptors (Lipinski definition) is 5. The van der Waals surface area contributed by atoms with Gasteiger partial charge in [0.2, 0.25) is 11.8 Å². The standard InChI is InChI=1S/C31H39N3O5S/c1-6-24(4)32-31(36)25(5)33(21-26-15-13-23(3)14-16-26)30(35)22-34(27-17-19-28(20-18-27)39-7-2)40(37,38)29-11-9-8-10-12-29/h8-20,24-25H,6-7,21-22H2,1-5H3,(H,32,36)/t24-,25+/m1/s1. The van der Waals surface area contributed by atoms with Crippen LogP contribution in [-0.4, -0.2) is 50.4 Å². The summed E-state index contributed by atoms with van der Waals surface area (Å²) in [6.07, 6.45) is 0.741. The van der Waals surface area contributed by atoms with Crippen molar-refractivity contribution < 1.29 is 22.7 Å². The largest absolute Gasteiger partial charge is 0.494 e. The average molecular weight is 566 g/mol. The molecule has 0 radical (unpaired) electrons. The minimum absolute atomic E-state index is 0.0596. The summed E-state index contributed by atoms with van der Waals surface area (Å²) >= 11 is 0. The van der Waals surface area contributed by atoms with Gasteiger partial charge in [0.25, 0.3) is 10.0 Å². The van der Waals surface area contributed by atoms with Gasteiger partial charge in [-0.2, -0.15) is 0 Å². The predicted octanol–water partition coefficient (Wildman–Crippen LogP) is 4.92. The molecule has 0 saturated carbocycles. The van der Waals surface area contributed by atoms with E-state index in [1.165, 1.54) is 17.0 Å². The highest BCUT2D eigenvalue weighted by Crippen LogP contribution is 2.26. The molecule has 40 heavy (non-hydrogen) atoms. The molecular formula is C31H39N3O5S. The minimum Gasteiger partial charge on any atom is -0.494 e. The normalized spacial score (nSPS) is 12.7. The molecule has 8 nitrogen and oxygen atoms in total. The molecule has 0 aliphatic heterocycles. The summed E-state index contributed by atoms with van der Waals surface area (Å²) in [5.74, 6) is -0.208. The molecule has 0 aliphatic carbocycles. The first-order chi connectivity index (χ1) is 19.1. The number of carbonyl (C=O) groups is 2. The van der Waals surface area contributed by atoms with Crippen molar-refractivity contribution in [3.05, 3.63) is 90.0 Å². The number of sulfonamides is 1. The van der Waals surface area contributed by atoms with E-state index in [-0.39, 0.29) is 23.4 Å². The van der Waals surface area contributed by atoms with Crippen molar-refractivity contribution in [1.82, 2.24) is 10.2 Å². The molecule has 0 spiro atoms. The monoisotopic (exact) mass is 565 g/mol. The van der Waals surface area contributed by atoms with Crippen LogP contribution in [0.4, 0.5) is 5.69 Å². The summed E-state index contributed by atoms with van der Waals surface area (Å²) in [7, 11) is -4.11. The molecule has 0 fully saturated rings. The van der Waals surface area contributed by atoms with Gasteiger partial charge in [-0.25, -0.2) is 8.42 Å². The van der Waals surface area contributed by atoms with E-state index in [0.29, 0.717) is 18.0 Å². The molecule has 3 rings (SSSR count). The quantitative estimate of drug-likeness (QED) is 0.317. The van der Waals surface area contributed by atoms with E-state index >= 15 is 0 Å². The van der Waals surface area contributed by atoms with Crippen LogP contribution in [0.1, 0.15) is 45.2 Å². The SMILES string of the molecule is CCOc1ccc(N(CC(=O)N(Cc2ccc(C)cc2)[C@@H](C)C(=O)N[C@H](C)CC)S(=O)(=O)c2ccccc2)cc1. The Bertz CT molecular complexity index is 1360. The first-order valence-corrected chi connectivity index (χ1v) is 15.0. The summed E-state index contributed by atoms with van der Waals surface area (Å²) < 4.78 is 34.3. The lowest BCUT2D eigenvalue weighted by molar-refractivity contribution is -0.139. The van der Waals surface area contributed by atoms with Gasteiger partial charge < -0.3 is 15.0 Å². The van der Waals surface area contributed by atoms with E-state index in [9.17, 15) is 18.0 Å². The first kappa shape index (κ1) is 30.7. The number of nitrogens with one attached hydrogen (secondary N) is 1. The van der Waals surface area contributed by atoms with Crippen LogP contribution in [0.2, 0.25) is 0 Å². The number of carbonyl (C=O) groups excluding carboxylic acids is 2. The number of nitrogens with zero attached hydrogens (tertiary/aromatic N) is 2. The van der Waals surface area contributed by atoms with Gasteiger partial charge in [-0.15, -0.1) is 0 Å². The zero-order valence-electron chi connectivity index (χ0n) is 23.8. The highest BCUT2D eigenvalue weighted by molar-refractivity contribution is 7.92. The topological polar surface area (TPSA) is 96.0 Å². The second-order valence-corrected chi connectivity index (χ2v) is 11.6. The molecule has 0 aromatic heterocycles. The first-order valence-electron chi connectivity index (χ1n) is 13.5. The van der Waals surface area contributed by atoms with Crippen LogP contribution in [0.15, 0.2) is 83.8 Å². The lowest BCUT2D eigenvalue weighted by Gasteiger charge is -2.32. The van der Waals surface area contributed by atoms with Gasteiger partial charge in [-0.1, -0.05) is 55.0 Å². The predicted molar refractivity (Wildman–Crippen MR) is 158 cm³/mol. The van der Waals surface area contributed by atoms with Crippen LogP contribution < -0.4 is 14.4 Å². The van der Waals surface area contributed by atoms with Crippen molar-refractivity contribution in [2.45, 2.75) is 64.6 Å². The van der Waals surface area contributed by atoms with Crippen LogP contribution in [0.25, 0.3) is 0 Å². The van der Waals surface area contributed by atoms with Gasteiger partial charge in [0.15, 0.2) is 0 Å². The van der Waals surface area contributed by atoms with Crippen LogP contribution in [0.3, 0.4) is 0 Å². The molecule has 214 valence electrons. The number of hydrogen-bond donors (Lipinski definition) is 1. The van der Waals surface area contributed by atoms with Gasteiger partial charge in [-0.05, 0) is 76.1 Å². The third-order valence-corrected chi connectivity index (χ3v) is 8.48. The maximum Gasteiger partial charge on any atom is 0.264 e. The van der Waals surface area contributed by atoms with Crippen LogP contribution in [-0.2, 0) is 26.2 Å². The molecule has 0 unspecified atom stereocenters. The van der Waals surface area contributed by atoms with Crippen LogP contribution >= 0.6 is 0 Å². The van der Waals surface area contributed by atoms with Gasteiger partial charge >= 0.3 is 0 Å². The molecule has 9 heteroatoms. The minimum atomic E-state index is -4.11. The van der Waals surface area contributed by atoms with Crippen LogP contribution in [0, 0.1) is 6.92 Å². The lowest BCUT2D eigenvalue weighted by Crippen LogP contribution is -2.52. The fourth-order valence-electron chi connectivity index (χ4n) is 4.06. The summed E-state index contributed by atoms with van der Waals surface area (Å²) in [5.41, 5.74) is 2.22. The Labute approximate surface area is 238 Å². The van der Waals surface area contributed by atoms with E-state index in [0.717, 1.165) is 21.9 Å². The molecule has 1 N–H and O–H groups in total.